The van der Waals surface area contributed by atoms with Gasteiger partial charge in [-0.15, -0.1) is 0 Å². The summed E-state index contributed by atoms with van der Waals surface area (Å²) < 4.78 is 4.94. The smallest absolute Gasteiger partial charge is 0.251 e. The quantitative estimate of drug-likeness (QED) is 0.803. The summed E-state index contributed by atoms with van der Waals surface area (Å²) in [5.41, 5.74) is 0.310. The highest BCUT2D eigenvalue weighted by Gasteiger charge is 2.15. The maximum Gasteiger partial charge on any atom is 0.251 e. The number of methoxy groups -OCH3 is 1. The van der Waals surface area contributed by atoms with Gasteiger partial charge in [-0.25, -0.2) is 4.98 Å². The number of nitrogens with zero attached hydrogens (tertiary/aromatic N) is 1. The van der Waals surface area contributed by atoms with Crippen LogP contribution in [0.2, 0.25) is 0 Å². The number of hydrogen-bond donors (Lipinski definition) is 1. The van der Waals surface area contributed by atoms with Gasteiger partial charge in [0.25, 0.3) is 5.91 Å². The van der Waals surface area contributed by atoms with Gasteiger partial charge in [-0.05, 0) is 26.8 Å². The van der Waals surface area contributed by atoms with Crippen LogP contribution in [0.1, 0.15) is 31.1 Å². The molecule has 0 bridgehead atoms. The predicted octanol–water partition coefficient (Wildman–Crippen LogP) is 1.62. The third-order valence-corrected chi connectivity index (χ3v) is 1.69. The van der Waals surface area contributed by atoms with Crippen molar-refractivity contribution in [3.8, 4) is 5.88 Å². The van der Waals surface area contributed by atoms with Gasteiger partial charge in [-0.1, -0.05) is 0 Å². The molecule has 1 rings (SSSR count). The van der Waals surface area contributed by atoms with Gasteiger partial charge >= 0.3 is 0 Å². The summed E-state index contributed by atoms with van der Waals surface area (Å²) >= 11 is 0. The van der Waals surface area contributed by atoms with E-state index in [1.165, 1.54) is 7.11 Å². The van der Waals surface area contributed by atoms with Crippen LogP contribution in [0.5, 0.6) is 5.88 Å². The van der Waals surface area contributed by atoms with Gasteiger partial charge in [0.05, 0.1) is 7.11 Å². The zero-order valence-corrected chi connectivity index (χ0v) is 9.50. The van der Waals surface area contributed by atoms with Gasteiger partial charge in [0.15, 0.2) is 0 Å². The molecule has 0 saturated carbocycles. The molecule has 0 aliphatic heterocycles. The van der Waals surface area contributed by atoms with E-state index in [1.807, 2.05) is 20.8 Å². The monoisotopic (exact) mass is 208 g/mol. The first-order chi connectivity index (χ1) is 6.92. The Bertz CT molecular complexity index is 356. The molecule has 4 heteroatoms. The number of pyridine rings is 1. The number of carbonyl (C=O) groups excluding carboxylic acids is 1. The van der Waals surface area contributed by atoms with Crippen molar-refractivity contribution >= 4 is 5.91 Å². The molecule has 1 N–H and O–H groups in total. The van der Waals surface area contributed by atoms with E-state index in [4.69, 9.17) is 4.74 Å². The van der Waals surface area contributed by atoms with E-state index < -0.39 is 0 Å². The van der Waals surface area contributed by atoms with Crippen molar-refractivity contribution in [2.75, 3.05) is 7.11 Å². The first kappa shape index (κ1) is 11.5. The Morgan fingerprint density at radius 1 is 1.47 bits per heavy atom. The molecule has 0 aromatic carbocycles. The molecule has 1 heterocycles. The van der Waals surface area contributed by atoms with Crippen LogP contribution in [-0.2, 0) is 0 Å². The van der Waals surface area contributed by atoms with Crippen LogP contribution in [0.25, 0.3) is 0 Å². The SMILES string of the molecule is COc1cc(C(=O)NC(C)(C)C)ccn1. The second-order valence-electron chi connectivity index (χ2n) is 4.29. The molecule has 0 radical (unpaired) electrons. The van der Waals surface area contributed by atoms with Crippen LogP contribution in [0, 0.1) is 0 Å². The highest BCUT2D eigenvalue weighted by molar-refractivity contribution is 5.94. The summed E-state index contributed by atoms with van der Waals surface area (Å²) in [6, 6.07) is 3.27. The third kappa shape index (κ3) is 3.58. The van der Waals surface area contributed by atoms with E-state index in [9.17, 15) is 4.79 Å². The number of ether oxygens (including phenoxy) is 1. The van der Waals surface area contributed by atoms with Crippen LogP contribution in [0.15, 0.2) is 18.3 Å². The Morgan fingerprint density at radius 3 is 2.67 bits per heavy atom. The molecule has 1 aromatic rings. The highest BCUT2D eigenvalue weighted by Crippen LogP contribution is 2.10. The zero-order chi connectivity index (χ0) is 11.5. The molecule has 15 heavy (non-hydrogen) atoms. The standard InChI is InChI=1S/C11H16N2O2/c1-11(2,3)13-10(14)8-5-6-12-9(7-8)15-4/h5-7H,1-4H3,(H,13,14). The Kier molecular flexibility index (Phi) is 3.29. The molecular weight excluding hydrogens is 192 g/mol. The van der Waals surface area contributed by atoms with Gasteiger partial charge in [0.1, 0.15) is 0 Å². The maximum absolute atomic E-state index is 11.7. The number of aromatic nitrogens is 1. The molecule has 4 nitrogen and oxygen atoms in total. The molecule has 82 valence electrons. The minimum atomic E-state index is -0.242. The van der Waals surface area contributed by atoms with Gasteiger partial charge < -0.3 is 10.1 Å². The summed E-state index contributed by atoms with van der Waals surface area (Å²) in [6.07, 6.45) is 1.55. The Morgan fingerprint density at radius 2 is 2.13 bits per heavy atom. The van der Waals surface area contributed by atoms with Crippen LogP contribution >= 0.6 is 0 Å². The lowest BCUT2D eigenvalue weighted by molar-refractivity contribution is 0.0919. The lowest BCUT2D eigenvalue weighted by Gasteiger charge is -2.20. The van der Waals surface area contributed by atoms with Gasteiger partial charge in [0, 0.05) is 23.4 Å². The topological polar surface area (TPSA) is 51.2 Å². The first-order valence-electron chi connectivity index (χ1n) is 4.75. The van der Waals surface area contributed by atoms with E-state index in [1.54, 1.807) is 18.3 Å². The van der Waals surface area contributed by atoms with Crippen LogP contribution in [-0.4, -0.2) is 23.5 Å². The van der Waals surface area contributed by atoms with Crippen molar-refractivity contribution in [2.24, 2.45) is 0 Å². The minimum absolute atomic E-state index is 0.122. The zero-order valence-electron chi connectivity index (χ0n) is 9.50. The molecule has 0 aliphatic rings. The van der Waals surface area contributed by atoms with E-state index in [0.717, 1.165) is 0 Å². The average molecular weight is 208 g/mol. The molecule has 0 fully saturated rings. The molecule has 0 aliphatic carbocycles. The van der Waals surface area contributed by atoms with Crippen molar-refractivity contribution in [3.63, 3.8) is 0 Å². The number of amides is 1. The first-order valence-corrected chi connectivity index (χ1v) is 4.75. The van der Waals surface area contributed by atoms with Crippen molar-refractivity contribution in [2.45, 2.75) is 26.3 Å². The summed E-state index contributed by atoms with van der Waals surface area (Å²) in [6.45, 7) is 5.80. The van der Waals surface area contributed by atoms with E-state index >= 15 is 0 Å². The largest absolute Gasteiger partial charge is 0.481 e. The summed E-state index contributed by atoms with van der Waals surface area (Å²) in [5.74, 6) is 0.319. The highest BCUT2D eigenvalue weighted by atomic mass is 16.5. The summed E-state index contributed by atoms with van der Waals surface area (Å²) in [5, 5.41) is 2.86. The average Bonchev–Trinajstić information content (AvgIpc) is 2.15. The molecule has 0 atom stereocenters. The molecule has 0 unspecified atom stereocenters. The number of rotatable bonds is 2. The molecule has 1 amide bonds. The fourth-order valence-corrected chi connectivity index (χ4v) is 1.08. The van der Waals surface area contributed by atoms with Crippen molar-refractivity contribution in [1.82, 2.24) is 10.3 Å². The minimum Gasteiger partial charge on any atom is -0.481 e. The molecular formula is C11H16N2O2. The van der Waals surface area contributed by atoms with Crippen molar-refractivity contribution in [3.05, 3.63) is 23.9 Å². The Balaban J connectivity index is 2.82. The van der Waals surface area contributed by atoms with E-state index in [0.29, 0.717) is 11.4 Å². The fraction of sp³-hybridized carbons (Fsp3) is 0.455. The van der Waals surface area contributed by atoms with Crippen LogP contribution in [0.3, 0.4) is 0 Å². The van der Waals surface area contributed by atoms with Crippen molar-refractivity contribution < 1.29 is 9.53 Å². The molecule has 0 saturated heterocycles. The molecule has 0 spiro atoms. The fourth-order valence-electron chi connectivity index (χ4n) is 1.08. The van der Waals surface area contributed by atoms with Gasteiger partial charge in [-0.2, -0.15) is 0 Å². The van der Waals surface area contributed by atoms with Crippen LogP contribution < -0.4 is 10.1 Å². The number of hydrogen-bond acceptors (Lipinski definition) is 3. The van der Waals surface area contributed by atoms with Crippen LogP contribution in [0.4, 0.5) is 0 Å². The predicted molar refractivity (Wildman–Crippen MR) is 58.0 cm³/mol. The van der Waals surface area contributed by atoms with Gasteiger partial charge in [-0.3, -0.25) is 4.79 Å². The second-order valence-corrected chi connectivity index (χ2v) is 4.29. The normalized spacial score (nSPS) is 10.9. The van der Waals surface area contributed by atoms with Crippen molar-refractivity contribution in [1.29, 1.82) is 0 Å². The lowest BCUT2D eigenvalue weighted by Crippen LogP contribution is -2.40. The number of nitrogens with one attached hydrogen (secondary N) is 1. The van der Waals surface area contributed by atoms with E-state index in [2.05, 4.69) is 10.3 Å². The summed E-state index contributed by atoms with van der Waals surface area (Å²) in [4.78, 5) is 15.7. The Hall–Kier alpha value is -1.58. The lowest BCUT2D eigenvalue weighted by atomic mass is 10.1. The number of carbonyl (C=O) groups is 1. The van der Waals surface area contributed by atoms with E-state index in [-0.39, 0.29) is 11.4 Å². The van der Waals surface area contributed by atoms with Gasteiger partial charge in [0.2, 0.25) is 5.88 Å². The third-order valence-electron chi connectivity index (χ3n) is 1.69. The Labute approximate surface area is 89.7 Å². The summed E-state index contributed by atoms with van der Waals surface area (Å²) in [7, 11) is 1.52. The molecule has 1 aromatic heterocycles. The maximum atomic E-state index is 11.7. The second kappa shape index (κ2) is 4.29.